The average Bonchev–Trinajstić information content (AvgIpc) is 2.58. The third-order valence-electron chi connectivity index (χ3n) is 3.37. The smallest absolute Gasteiger partial charge is 0.169 e. The first-order valence-corrected chi connectivity index (χ1v) is 6.83. The van der Waals surface area contributed by atoms with Crippen LogP contribution in [0.2, 0.25) is 0 Å². The molecule has 1 aliphatic rings. The number of pyridine rings is 1. The van der Waals surface area contributed by atoms with E-state index in [-0.39, 0.29) is 12.1 Å². The summed E-state index contributed by atoms with van der Waals surface area (Å²) in [6.45, 7) is 2.57. The Bertz CT molecular complexity index is 371. The van der Waals surface area contributed by atoms with Crippen LogP contribution in [0.25, 0.3) is 0 Å². The van der Waals surface area contributed by atoms with E-state index in [1.807, 2.05) is 19.1 Å². The lowest BCUT2D eigenvalue weighted by molar-refractivity contribution is 0.144. The van der Waals surface area contributed by atoms with Gasteiger partial charge in [-0.2, -0.15) is 0 Å². The average molecular weight is 250 g/mol. The summed E-state index contributed by atoms with van der Waals surface area (Å²) in [5.41, 5.74) is 0. The number of hydrogen-bond donors (Lipinski definition) is 2. The molecule has 1 aromatic heterocycles. The number of rotatable bonds is 4. The maximum atomic E-state index is 10.1. The quantitative estimate of drug-likeness (QED) is 0.806. The molecule has 100 valence electrons. The molecular weight excluding hydrogens is 228 g/mol. The molecule has 0 aliphatic heterocycles. The molecule has 0 aromatic carbocycles. The maximum Gasteiger partial charge on any atom is 0.169 e. The van der Waals surface area contributed by atoms with Gasteiger partial charge in [-0.05, 0) is 31.9 Å². The predicted molar refractivity (Wildman–Crippen MR) is 71.9 cm³/mol. The summed E-state index contributed by atoms with van der Waals surface area (Å²) in [4.78, 5) is 4.31. The zero-order chi connectivity index (χ0) is 12.8. The van der Waals surface area contributed by atoms with E-state index < -0.39 is 0 Å². The molecule has 0 amide bonds. The van der Waals surface area contributed by atoms with Gasteiger partial charge in [0, 0.05) is 6.20 Å². The van der Waals surface area contributed by atoms with Gasteiger partial charge in [-0.15, -0.1) is 0 Å². The Morgan fingerprint density at radius 2 is 2.22 bits per heavy atom. The van der Waals surface area contributed by atoms with Gasteiger partial charge in [0.2, 0.25) is 0 Å². The molecule has 4 heteroatoms. The lowest BCUT2D eigenvalue weighted by atomic mass is 10.1. The SMILES string of the molecule is CCOc1cccnc1NC1CCCCCC1O. The molecule has 0 spiro atoms. The van der Waals surface area contributed by atoms with Gasteiger partial charge in [-0.25, -0.2) is 4.98 Å². The molecular formula is C14H22N2O2. The number of hydrogen-bond acceptors (Lipinski definition) is 4. The molecule has 1 saturated carbocycles. The van der Waals surface area contributed by atoms with Crippen LogP contribution < -0.4 is 10.1 Å². The number of aliphatic hydroxyl groups is 1. The Kier molecular flexibility index (Phi) is 4.81. The normalized spacial score (nSPS) is 24.3. The van der Waals surface area contributed by atoms with Crippen molar-refractivity contribution in [3.63, 3.8) is 0 Å². The van der Waals surface area contributed by atoms with Gasteiger partial charge in [0.15, 0.2) is 11.6 Å². The molecule has 4 nitrogen and oxygen atoms in total. The molecule has 1 aliphatic carbocycles. The van der Waals surface area contributed by atoms with E-state index in [4.69, 9.17) is 4.74 Å². The van der Waals surface area contributed by atoms with E-state index in [0.717, 1.165) is 37.3 Å². The van der Waals surface area contributed by atoms with Crippen molar-refractivity contribution in [2.45, 2.75) is 51.2 Å². The number of anilines is 1. The fraction of sp³-hybridized carbons (Fsp3) is 0.643. The second-order valence-corrected chi connectivity index (χ2v) is 4.74. The predicted octanol–water partition coefficient (Wildman–Crippen LogP) is 2.59. The van der Waals surface area contributed by atoms with Gasteiger partial charge in [0.1, 0.15) is 0 Å². The Morgan fingerprint density at radius 1 is 1.39 bits per heavy atom. The standard InChI is InChI=1S/C14H22N2O2/c1-2-18-13-9-6-10-15-14(13)16-11-7-4-3-5-8-12(11)17/h6,9-12,17H,2-5,7-8H2,1H3,(H,15,16). The number of aromatic nitrogens is 1. The minimum Gasteiger partial charge on any atom is -0.490 e. The van der Waals surface area contributed by atoms with Crippen LogP contribution in [0.5, 0.6) is 5.75 Å². The van der Waals surface area contributed by atoms with Crippen LogP contribution in [-0.4, -0.2) is 28.8 Å². The second-order valence-electron chi connectivity index (χ2n) is 4.74. The van der Waals surface area contributed by atoms with Gasteiger partial charge in [0.05, 0.1) is 18.8 Å². The Hall–Kier alpha value is -1.29. The molecule has 1 heterocycles. The van der Waals surface area contributed by atoms with Crippen LogP contribution in [0.3, 0.4) is 0 Å². The Morgan fingerprint density at radius 3 is 3.06 bits per heavy atom. The fourth-order valence-corrected chi connectivity index (χ4v) is 2.40. The second kappa shape index (κ2) is 6.59. The monoisotopic (exact) mass is 250 g/mol. The van der Waals surface area contributed by atoms with Gasteiger partial charge in [-0.1, -0.05) is 19.3 Å². The van der Waals surface area contributed by atoms with E-state index in [9.17, 15) is 5.11 Å². The third kappa shape index (κ3) is 3.35. The van der Waals surface area contributed by atoms with Crippen LogP contribution in [-0.2, 0) is 0 Å². The van der Waals surface area contributed by atoms with Crippen molar-refractivity contribution in [3.05, 3.63) is 18.3 Å². The first kappa shape index (κ1) is 13.1. The van der Waals surface area contributed by atoms with Crippen molar-refractivity contribution in [2.24, 2.45) is 0 Å². The van der Waals surface area contributed by atoms with Crippen LogP contribution in [0.1, 0.15) is 39.0 Å². The van der Waals surface area contributed by atoms with Crippen molar-refractivity contribution in [1.82, 2.24) is 4.98 Å². The molecule has 2 atom stereocenters. The first-order chi connectivity index (χ1) is 8.81. The van der Waals surface area contributed by atoms with Crippen molar-refractivity contribution in [3.8, 4) is 5.75 Å². The minimum atomic E-state index is -0.288. The van der Waals surface area contributed by atoms with E-state index in [2.05, 4.69) is 10.3 Å². The molecule has 2 N–H and O–H groups in total. The van der Waals surface area contributed by atoms with Crippen molar-refractivity contribution in [2.75, 3.05) is 11.9 Å². The topological polar surface area (TPSA) is 54.4 Å². The summed E-state index contributed by atoms with van der Waals surface area (Å²) < 4.78 is 5.54. The first-order valence-electron chi connectivity index (χ1n) is 6.83. The van der Waals surface area contributed by atoms with Gasteiger partial charge < -0.3 is 15.2 Å². The van der Waals surface area contributed by atoms with Gasteiger partial charge in [0.25, 0.3) is 0 Å². The maximum absolute atomic E-state index is 10.1. The molecule has 0 bridgehead atoms. The number of ether oxygens (including phenoxy) is 1. The van der Waals surface area contributed by atoms with E-state index in [1.165, 1.54) is 6.42 Å². The zero-order valence-corrected chi connectivity index (χ0v) is 10.9. The highest BCUT2D eigenvalue weighted by atomic mass is 16.5. The van der Waals surface area contributed by atoms with Crippen LogP contribution in [0.4, 0.5) is 5.82 Å². The summed E-state index contributed by atoms with van der Waals surface area (Å²) in [5.74, 6) is 1.50. The largest absolute Gasteiger partial charge is 0.490 e. The minimum absolute atomic E-state index is 0.0848. The number of aliphatic hydroxyl groups excluding tert-OH is 1. The molecule has 1 aromatic rings. The van der Waals surface area contributed by atoms with Gasteiger partial charge in [-0.3, -0.25) is 0 Å². The van der Waals surface area contributed by atoms with Crippen LogP contribution in [0, 0.1) is 0 Å². The van der Waals surface area contributed by atoms with E-state index >= 15 is 0 Å². The van der Waals surface area contributed by atoms with Crippen LogP contribution in [0.15, 0.2) is 18.3 Å². The molecule has 18 heavy (non-hydrogen) atoms. The highest BCUT2D eigenvalue weighted by molar-refractivity contribution is 5.50. The van der Waals surface area contributed by atoms with Gasteiger partial charge >= 0.3 is 0 Å². The summed E-state index contributed by atoms with van der Waals surface area (Å²) in [6.07, 6.45) is 6.79. The van der Waals surface area contributed by atoms with Crippen molar-refractivity contribution < 1.29 is 9.84 Å². The third-order valence-corrected chi connectivity index (χ3v) is 3.37. The summed E-state index contributed by atoms with van der Waals surface area (Å²) in [6, 6.07) is 3.85. The Labute approximate surface area is 108 Å². The lowest BCUT2D eigenvalue weighted by Gasteiger charge is -2.23. The molecule has 2 unspecified atom stereocenters. The molecule has 2 rings (SSSR count). The zero-order valence-electron chi connectivity index (χ0n) is 10.9. The highest BCUT2D eigenvalue weighted by Crippen LogP contribution is 2.26. The summed E-state index contributed by atoms with van der Waals surface area (Å²) >= 11 is 0. The highest BCUT2D eigenvalue weighted by Gasteiger charge is 2.22. The number of nitrogens with zero attached hydrogens (tertiary/aromatic N) is 1. The number of nitrogens with one attached hydrogen (secondary N) is 1. The summed E-state index contributed by atoms with van der Waals surface area (Å²) in [7, 11) is 0. The van der Waals surface area contributed by atoms with E-state index in [0.29, 0.717) is 6.61 Å². The lowest BCUT2D eigenvalue weighted by Crippen LogP contribution is -2.32. The Balaban J connectivity index is 2.07. The van der Waals surface area contributed by atoms with Crippen molar-refractivity contribution in [1.29, 1.82) is 0 Å². The summed E-state index contributed by atoms with van der Waals surface area (Å²) in [5, 5.41) is 13.4. The van der Waals surface area contributed by atoms with E-state index in [1.54, 1.807) is 6.20 Å². The molecule has 0 saturated heterocycles. The fourth-order valence-electron chi connectivity index (χ4n) is 2.40. The van der Waals surface area contributed by atoms with Crippen molar-refractivity contribution >= 4 is 5.82 Å². The molecule has 1 fully saturated rings. The molecule has 0 radical (unpaired) electrons. The van der Waals surface area contributed by atoms with Crippen LogP contribution >= 0.6 is 0 Å².